The first kappa shape index (κ1) is 15.9. The summed E-state index contributed by atoms with van der Waals surface area (Å²) in [4.78, 5) is 30.0. The molecule has 0 spiro atoms. The third-order valence-electron chi connectivity index (χ3n) is 3.21. The summed E-state index contributed by atoms with van der Waals surface area (Å²) in [5.74, 6) is -0.00482. The summed E-state index contributed by atoms with van der Waals surface area (Å²) in [7, 11) is 1.63. The summed E-state index contributed by atoms with van der Waals surface area (Å²) in [6.07, 6.45) is 2.61. The largest absolute Gasteiger partial charge is 0.385 e. The van der Waals surface area contributed by atoms with Crippen LogP contribution >= 0.6 is 11.3 Å². The Morgan fingerprint density at radius 2 is 2.29 bits per heavy atom. The van der Waals surface area contributed by atoms with Crippen molar-refractivity contribution < 1.29 is 14.3 Å². The number of hydrogen-bond donors (Lipinski definition) is 1. The molecule has 0 aromatic carbocycles. The highest BCUT2D eigenvalue weighted by Gasteiger charge is 2.33. The highest BCUT2D eigenvalue weighted by Crippen LogP contribution is 2.31. The number of ether oxygens (including phenoxy) is 1. The number of anilines is 1. The lowest BCUT2D eigenvalue weighted by Gasteiger charge is -2.21. The van der Waals surface area contributed by atoms with E-state index < -0.39 is 0 Å². The summed E-state index contributed by atoms with van der Waals surface area (Å²) < 4.78 is 5.00. The van der Waals surface area contributed by atoms with Gasteiger partial charge >= 0.3 is 0 Å². The summed E-state index contributed by atoms with van der Waals surface area (Å²) in [6, 6.07) is 0. The number of amides is 2. The molecule has 0 radical (unpaired) electrons. The molecule has 2 amide bonds. The van der Waals surface area contributed by atoms with E-state index in [1.807, 2.05) is 12.3 Å². The van der Waals surface area contributed by atoms with Crippen LogP contribution in [0, 0.1) is 12.8 Å². The van der Waals surface area contributed by atoms with Crippen LogP contribution in [-0.2, 0) is 14.3 Å². The smallest absolute Gasteiger partial charge is 0.245 e. The molecule has 116 valence electrons. The quantitative estimate of drug-likeness (QED) is 0.741. The Morgan fingerprint density at radius 3 is 2.86 bits per heavy atom. The van der Waals surface area contributed by atoms with Crippen molar-refractivity contribution in [2.24, 2.45) is 5.92 Å². The van der Waals surface area contributed by atoms with Crippen LogP contribution in [-0.4, -0.2) is 48.5 Å². The Hall–Kier alpha value is -1.47. The molecule has 0 saturated heterocycles. The van der Waals surface area contributed by atoms with Crippen molar-refractivity contribution in [3.05, 3.63) is 11.1 Å². The molecule has 1 fully saturated rings. The van der Waals surface area contributed by atoms with Crippen molar-refractivity contribution in [2.45, 2.75) is 26.2 Å². The van der Waals surface area contributed by atoms with Gasteiger partial charge in [-0.1, -0.05) is 0 Å². The minimum absolute atomic E-state index is 0.0802. The molecule has 1 aromatic heterocycles. The van der Waals surface area contributed by atoms with E-state index in [1.165, 1.54) is 11.3 Å². The molecule has 6 nitrogen and oxygen atoms in total. The van der Waals surface area contributed by atoms with E-state index in [4.69, 9.17) is 4.74 Å². The first-order chi connectivity index (χ1) is 10.1. The van der Waals surface area contributed by atoms with Gasteiger partial charge in [0.05, 0.1) is 12.2 Å². The third-order valence-corrected chi connectivity index (χ3v) is 4.09. The van der Waals surface area contributed by atoms with Crippen LogP contribution in [0.4, 0.5) is 5.13 Å². The summed E-state index contributed by atoms with van der Waals surface area (Å²) >= 11 is 1.39. The lowest BCUT2D eigenvalue weighted by atomic mass is 10.3. The molecule has 1 aromatic rings. The molecule has 2 rings (SSSR count). The second kappa shape index (κ2) is 7.51. The van der Waals surface area contributed by atoms with Gasteiger partial charge < -0.3 is 15.0 Å². The normalized spacial score (nSPS) is 14.0. The summed E-state index contributed by atoms with van der Waals surface area (Å²) in [6.45, 7) is 3.09. The number of aryl methyl sites for hydroxylation is 1. The maximum absolute atomic E-state index is 12.2. The van der Waals surface area contributed by atoms with Crippen LogP contribution in [0.2, 0.25) is 0 Å². The van der Waals surface area contributed by atoms with E-state index in [2.05, 4.69) is 10.3 Å². The van der Waals surface area contributed by atoms with Crippen molar-refractivity contribution >= 4 is 28.3 Å². The zero-order valence-corrected chi connectivity index (χ0v) is 13.2. The average molecular weight is 311 g/mol. The average Bonchev–Trinajstić information content (AvgIpc) is 3.21. The summed E-state index contributed by atoms with van der Waals surface area (Å²) in [5.41, 5.74) is 0.876. The minimum Gasteiger partial charge on any atom is -0.385 e. The van der Waals surface area contributed by atoms with Crippen molar-refractivity contribution in [3.8, 4) is 0 Å². The van der Waals surface area contributed by atoms with E-state index in [9.17, 15) is 9.59 Å². The fourth-order valence-corrected chi connectivity index (χ4v) is 2.70. The molecule has 1 aliphatic carbocycles. The number of carbonyl (C=O) groups excluding carboxylic acids is 2. The Kier molecular flexibility index (Phi) is 5.69. The van der Waals surface area contributed by atoms with Crippen LogP contribution in [0.25, 0.3) is 0 Å². The zero-order chi connectivity index (χ0) is 15.2. The molecule has 0 unspecified atom stereocenters. The van der Waals surface area contributed by atoms with Gasteiger partial charge in [-0.05, 0) is 26.2 Å². The van der Waals surface area contributed by atoms with Gasteiger partial charge in [0.25, 0.3) is 0 Å². The van der Waals surface area contributed by atoms with E-state index in [-0.39, 0.29) is 24.3 Å². The lowest BCUT2D eigenvalue weighted by Crippen LogP contribution is -2.39. The van der Waals surface area contributed by atoms with Crippen molar-refractivity contribution in [2.75, 3.05) is 32.1 Å². The van der Waals surface area contributed by atoms with Crippen molar-refractivity contribution in [1.82, 2.24) is 9.88 Å². The second-order valence-electron chi connectivity index (χ2n) is 5.22. The van der Waals surface area contributed by atoms with Gasteiger partial charge in [-0.25, -0.2) is 4.98 Å². The molecular formula is C14H21N3O3S. The number of nitrogens with one attached hydrogen (secondary N) is 1. The van der Waals surface area contributed by atoms with Gasteiger partial charge in [0.2, 0.25) is 11.8 Å². The molecule has 21 heavy (non-hydrogen) atoms. The van der Waals surface area contributed by atoms with Crippen LogP contribution in [0.1, 0.15) is 25.0 Å². The van der Waals surface area contributed by atoms with E-state index in [0.29, 0.717) is 18.3 Å². The Morgan fingerprint density at radius 1 is 1.52 bits per heavy atom. The molecule has 0 atom stereocenters. The fraction of sp³-hybridized carbons (Fsp3) is 0.643. The van der Waals surface area contributed by atoms with Crippen LogP contribution in [0.5, 0.6) is 0 Å². The standard InChI is InChI=1S/C14H21N3O3S/c1-10-9-21-14(15-10)16-12(18)8-17(6-3-7-20-2)13(19)11-4-5-11/h9,11H,3-8H2,1-2H3,(H,15,16,18). The molecule has 0 bridgehead atoms. The number of hydrogen-bond acceptors (Lipinski definition) is 5. The number of thiazole rings is 1. The van der Waals surface area contributed by atoms with Gasteiger partial charge in [-0.2, -0.15) is 0 Å². The molecule has 1 N–H and O–H groups in total. The van der Waals surface area contributed by atoms with Gasteiger partial charge in [0.15, 0.2) is 5.13 Å². The number of nitrogens with zero attached hydrogens (tertiary/aromatic N) is 2. The first-order valence-electron chi connectivity index (χ1n) is 7.10. The van der Waals surface area contributed by atoms with Gasteiger partial charge in [-0.15, -0.1) is 11.3 Å². The lowest BCUT2D eigenvalue weighted by molar-refractivity contribution is -0.136. The SMILES string of the molecule is COCCCN(CC(=O)Nc1nc(C)cs1)C(=O)C1CC1. The fourth-order valence-electron chi connectivity index (χ4n) is 2.00. The van der Waals surface area contributed by atoms with E-state index in [1.54, 1.807) is 12.0 Å². The number of rotatable bonds is 8. The molecule has 1 saturated carbocycles. The molecule has 1 aliphatic rings. The van der Waals surface area contributed by atoms with Crippen LogP contribution in [0.15, 0.2) is 5.38 Å². The first-order valence-corrected chi connectivity index (χ1v) is 7.98. The topological polar surface area (TPSA) is 71.5 Å². The van der Waals surface area contributed by atoms with Crippen LogP contribution in [0.3, 0.4) is 0 Å². The van der Waals surface area contributed by atoms with E-state index >= 15 is 0 Å². The Balaban J connectivity index is 1.86. The number of carbonyl (C=O) groups is 2. The minimum atomic E-state index is -0.198. The molecule has 1 heterocycles. The molecule has 7 heteroatoms. The van der Waals surface area contributed by atoms with Crippen molar-refractivity contribution in [3.63, 3.8) is 0 Å². The van der Waals surface area contributed by atoms with Crippen LogP contribution < -0.4 is 5.32 Å². The van der Waals surface area contributed by atoms with Gasteiger partial charge in [0, 0.05) is 31.6 Å². The summed E-state index contributed by atoms with van der Waals surface area (Å²) in [5, 5.41) is 5.19. The van der Waals surface area contributed by atoms with Crippen molar-refractivity contribution in [1.29, 1.82) is 0 Å². The molecule has 0 aliphatic heterocycles. The van der Waals surface area contributed by atoms with Gasteiger partial charge in [-0.3, -0.25) is 9.59 Å². The highest BCUT2D eigenvalue weighted by atomic mass is 32.1. The predicted octanol–water partition coefficient (Wildman–Crippen LogP) is 1.67. The monoisotopic (exact) mass is 311 g/mol. The Bertz CT molecular complexity index is 499. The Labute approximate surface area is 128 Å². The number of methoxy groups -OCH3 is 1. The number of aromatic nitrogens is 1. The zero-order valence-electron chi connectivity index (χ0n) is 12.4. The second-order valence-corrected chi connectivity index (χ2v) is 6.08. The van der Waals surface area contributed by atoms with E-state index in [0.717, 1.165) is 25.0 Å². The van der Waals surface area contributed by atoms with Gasteiger partial charge in [0.1, 0.15) is 0 Å². The molecular weight excluding hydrogens is 290 g/mol. The predicted molar refractivity (Wildman–Crippen MR) is 81.3 cm³/mol. The maximum Gasteiger partial charge on any atom is 0.245 e. The third kappa shape index (κ3) is 5.09. The highest BCUT2D eigenvalue weighted by molar-refractivity contribution is 7.13. The maximum atomic E-state index is 12.2.